The van der Waals surface area contributed by atoms with Crippen LogP contribution >= 0.6 is 0 Å². The molecule has 2 rings (SSSR count). The summed E-state index contributed by atoms with van der Waals surface area (Å²) in [5, 5.41) is 16.7. The van der Waals surface area contributed by atoms with E-state index in [1.165, 1.54) is 5.56 Å². The van der Waals surface area contributed by atoms with Gasteiger partial charge < -0.3 is 15.6 Å². The number of nitrogen functional groups attached to an aromatic ring is 1. The van der Waals surface area contributed by atoms with Gasteiger partial charge in [-0.2, -0.15) is 0 Å². The maximum atomic E-state index is 9.32. The molecule has 1 unspecified atom stereocenters. The van der Waals surface area contributed by atoms with Crippen LogP contribution in [-0.4, -0.2) is 47.2 Å². The van der Waals surface area contributed by atoms with Crippen molar-refractivity contribution in [2.45, 2.75) is 32.1 Å². The number of morpholine rings is 1. The second kappa shape index (κ2) is 5.91. The van der Waals surface area contributed by atoms with Gasteiger partial charge in [0.25, 0.3) is 0 Å². The molecule has 0 saturated carbocycles. The van der Waals surface area contributed by atoms with Gasteiger partial charge in [0.05, 0.1) is 18.3 Å². The highest BCUT2D eigenvalue weighted by molar-refractivity contribution is 5.94. The van der Waals surface area contributed by atoms with Gasteiger partial charge in [0.2, 0.25) is 0 Å². The smallest absolute Gasteiger partial charge is 0.122 e. The van der Waals surface area contributed by atoms with Crippen LogP contribution in [0.25, 0.3) is 0 Å². The molecule has 1 fully saturated rings. The first-order chi connectivity index (χ1) is 9.39. The van der Waals surface area contributed by atoms with Gasteiger partial charge in [-0.3, -0.25) is 10.3 Å². The molecule has 20 heavy (non-hydrogen) atoms. The lowest BCUT2D eigenvalue weighted by Gasteiger charge is -2.42. The molecule has 0 bridgehead atoms. The van der Waals surface area contributed by atoms with Crippen molar-refractivity contribution in [3.8, 4) is 0 Å². The number of benzene rings is 1. The molecule has 0 spiro atoms. The van der Waals surface area contributed by atoms with E-state index in [0.29, 0.717) is 0 Å². The van der Waals surface area contributed by atoms with Crippen molar-refractivity contribution < 1.29 is 9.84 Å². The number of nitrogens with two attached hydrogens (primary N) is 1. The zero-order valence-electron chi connectivity index (χ0n) is 12.1. The number of amidine groups is 1. The van der Waals surface area contributed by atoms with Gasteiger partial charge >= 0.3 is 0 Å². The normalized spacial score (nSPS) is 22.6. The number of ether oxygens (including phenoxy) is 1. The Morgan fingerprint density at radius 1 is 1.45 bits per heavy atom. The number of rotatable bonds is 4. The Labute approximate surface area is 119 Å². The first kappa shape index (κ1) is 15.0. The third kappa shape index (κ3) is 3.79. The molecular formula is C15H23N3O2. The van der Waals surface area contributed by atoms with Crippen molar-refractivity contribution in [1.29, 1.82) is 5.41 Å². The maximum absolute atomic E-state index is 9.32. The fourth-order valence-corrected chi connectivity index (χ4v) is 2.68. The van der Waals surface area contributed by atoms with Crippen molar-refractivity contribution >= 4 is 5.84 Å². The van der Waals surface area contributed by atoms with Crippen LogP contribution in [0.15, 0.2) is 24.3 Å². The number of aliphatic hydroxyl groups is 1. The molecule has 0 radical (unpaired) electrons. The highest BCUT2D eigenvalue weighted by Crippen LogP contribution is 2.22. The number of nitrogens with one attached hydrogen (secondary N) is 1. The summed E-state index contributed by atoms with van der Waals surface area (Å²) in [4.78, 5) is 2.28. The average Bonchev–Trinajstić information content (AvgIpc) is 2.37. The second-order valence-electron chi connectivity index (χ2n) is 5.96. The second-order valence-corrected chi connectivity index (χ2v) is 5.96. The Morgan fingerprint density at radius 2 is 2.10 bits per heavy atom. The summed E-state index contributed by atoms with van der Waals surface area (Å²) >= 11 is 0. The van der Waals surface area contributed by atoms with Gasteiger partial charge in [-0.05, 0) is 19.4 Å². The molecule has 0 amide bonds. The van der Waals surface area contributed by atoms with Crippen LogP contribution < -0.4 is 5.73 Å². The van der Waals surface area contributed by atoms with Crippen LogP contribution in [0, 0.1) is 5.41 Å². The van der Waals surface area contributed by atoms with Gasteiger partial charge in [0.15, 0.2) is 0 Å². The van der Waals surface area contributed by atoms with E-state index in [0.717, 1.165) is 25.2 Å². The van der Waals surface area contributed by atoms with E-state index in [-0.39, 0.29) is 24.1 Å². The zero-order chi connectivity index (χ0) is 14.8. The van der Waals surface area contributed by atoms with Crippen LogP contribution in [0.1, 0.15) is 25.0 Å². The van der Waals surface area contributed by atoms with E-state index in [1.807, 2.05) is 38.1 Å². The standard InChI is InChI=1S/C15H23N3O2/c1-15(2)10-18(8-13(9-19)20-15)7-11-3-5-12(6-4-11)14(16)17/h3-6,13,19H,7-10H2,1-2H3,(H3,16,17). The van der Waals surface area contributed by atoms with E-state index in [9.17, 15) is 5.11 Å². The molecule has 1 aliphatic rings. The minimum absolute atomic E-state index is 0.0448. The fourth-order valence-electron chi connectivity index (χ4n) is 2.68. The molecule has 1 heterocycles. The molecule has 1 saturated heterocycles. The van der Waals surface area contributed by atoms with Crippen LogP contribution in [-0.2, 0) is 11.3 Å². The largest absolute Gasteiger partial charge is 0.394 e. The molecule has 1 aromatic carbocycles. The number of nitrogens with zero attached hydrogens (tertiary/aromatic N) is 1. The summed E-state index contributed by atoms with van der Waals surface area (Å²) in [6.07, 6.45) is -0.129. The minimum Gasteiger partial charge on any atom is -0.394 e. The Hall–Kier alpha value is -1.43. The van der Waals surface area contributed by atoms with E-state index in [2.05, 4.69) is 4.90 Å². The molecule has 1 aliphatic heterocycles. The summed E-state index contributed by atoms with van der Waals surface area (Å²) in [5.74, 6) is 0.0874. The van der Waals surface area contributed by atoms with Gasteiger partial charge in [0.1, 0.15) is 5.84 Å². The van der Waals surface area contributed by atoms with E-state index in [1.54, 1.807) is 0 Å². The van der Waals surface area contributed by atoms with Crippen LogP contribution in [0.4, 0.5) is 0 Å². The lowest BCUT2D eigenvalue weighted by molar-refractivity contribution is -0.150. The number of hydrogen-bond donors (Lipinski definition) is 3. The summed E-state index contributed by atoms with van der Waals surface area (Å²) in [7, 11) is 0. The molecule has 5 heteroatoms. The van der Waals surface area contributed by atoms with Gasteiger partial charge in [-0.25, -0.2) is 0 Å². The molecule has 110 valence electrons. The lowest BCUT2D eigenvalue weighted by atomic mass is 10.0. The van der Waals surface area contributed by atoms with Gasteiger partial charge in [-0.1, -0.05) is 24.3 Å². The third-order valence-electron chi connectivity index (χ3n) is 3.43. The summed E-state index contributed by atoms with van der Waals surface area (Å²) < 4.78 is 5.81. The minimum atomic E-state index is -0.245. The van der Waals surface area contributed by atoms with Gasteiger partial charge in [0, 0.05) is 25.2 Å². The maximum Gasteiger partial charge on any atom is 0.122 e. The first-order valence-corrected chi connectivity index (χ1v) is 6.84. The molecule has 1 atom stereocenters. The molecule has 4 N–H and O–H groups in total. The highest BCUT2D eigenvalue weighted by atomic mass is 16.5. The first-order valence-electron chi connectivity index (χ1n) is 6.84. The SMILES string of the molecule is CC1(C)CN(Cc2ccc(C(=N)N)cc2)CC(CO)O1. The number of aliphatic hydroxyl groups excluding tert-OH is 1. The predicted octanol–water partition coefficient (Wildman–Crippen LogP) is 0.942. The molecule has 0 aliphatic carbocycles. The quantitative estimate of drug-likeness (QED) is 0.565. The van der Waals surface area contributed by atoms with E-state index in [4.69, 9.17) is 15.9 Å². The van der Waals surface area contributed by atoms with Crippen molar-refractivity contribution in [2.75, 3.05) is 19.7 Å². The summed E-state index contributed by atoms with van der Waals surface area (Å²) in [6, 6.07) is 7.72. The van der Waals surface area contributed by atoms with Crippen molar-refractivity contribution in [2.24, 2.45) is 5.73 Å². The monoisotopic (exact) mass is 277 g/mol. The summed E-state index contributed by atoms with van der Waals surface area (Å²) in [5.41, 5.74) is 7.11. The Balaban J connectivity index is 2.03. The molecule has 5 nitrogen and oxygen atoms in total. The fraction of sp³-hybridized carbons (Fsp3) is 0.533. The number of hydrogen-bond acceptors (Lipinski definition) is 4. The van der Waals surface area contributed by atoms with Crippen molar-refractivity contribution in [1.82, 2.24) is 4.90 Å². The highest BCUT2D eigenvalue weighted by Gasteiger charge is 2.32. The lowest BCUT2D eigenvalue weighted by Crippen LogP contribution is -2.53. The van der Waals surface area contributed by atoms with Crippen molar-refractivity contribution in [3.05, 3.63) is 35.4 Å². The Kier molecular flexibility index (Phi) is 4.42. The topological polar surface area (TPSA) is 82.6 Å². The Morgan fingerprint density at radius 3 is 2.65 bits per heavy atom. The van der Waals surface area contributed by atoms with Crippen LogP contribution in [0.3, 0.4) is 0 Å². The van der Waals surface area contributed by atoms with Gasteiger partial charge in [-0.15, -0.1) is 0 Å². The van der Waals surface area contributed by atoms with Crippen LogP contribution in [0.5, 0.6) is 0 Å². The Bertz CT molecular complexity index is 471. The predicted molar refractivity (Wildman–Crippen MR) is 78.8 cm³/mol. The average molecular weight is 277 g/mol. The van der Waals surface area contributed by atoms with E-state index >= 15 is 0 Å². The third-order valence-corrected chi connectivity index (χ3v) is 3.43. The molecular weight excluding hydrogens is 254 g/mol. The summed E-state index contributed by atoms with van der Waals surface area (Å²) in [6.45, 7) is 6.50. The van der Waals surface area contributed by atoms with E-state index < -0.39 is 0 Å². The zero-order valence-corrected chi connectivity index (χ0v) is 12.1. The van der Waals surface area contributed by atoms with Crippen LogP contribution in [0.2, 0.25) is 0 Å². The molecule has 0 aromatic heterocycles. The van der Waals surface area contributed by atoms with Crippen molar-refractivity contribution in [3.63, 3.8) is 0 Å². The molecule has 1 aromatic rings.